The number of hydrogen-bond acceptors (Lipinski definition) is 3. The van der Waals surface area contributed by atoms with E-state index in [1.807, 2.05) is 0 Å². The third-order valence-corrected chi connectivity index (χ3v) is 5.07. The van der Waals surface area contributed by atoms with Crippen molar-refractivity contribution >= 4 is 52.3 Å². The number of halogens is 2. The number of carbonyl (C=O) groups is 3. The van der Waals surface area contributed by atoms with Crippen molar-refractivity contribution in [3.8, 4) is 0 Å². The van der Waals surface area contributed by atoms with Crippen LogP contribution in [0, 0.1) is 0 Å². The van der Waals surface area contributed by atoms with Gasteiger partial charge in [0.1, 0.15) is 6.04 Å². The van der Waals surface area contributed by atoms with Crippen LogP contribution < -0.4 is 15.5 Å². The smallest absolute Gasteiger partial charge is 0.253 e. The third kappa shape index (κ3) is 4.46. The second kappa shape index (κ2) is 8.63. The molecule has 0 bridgehead atoms. The van der Waals surface area contributed by atoms with Gasteiger partial charge in [0.05, 0.1) is 21.3 Å². The Labute approximate surface area is 172 Å². The van der Waals surface area contributed by atoms with E-state index in [0.717, 1.165) is 6.42 Å². The van der Waals surface area contributed by atoms with Crippen molar-refractivity contribution in [2.75, 3.05) is 16.8 Å². The average molecular weight is 420 g/mol. The Morgan fingerprint density at radius 1 is 1.11 bits per heavy atom. The molecule has 1 heterocycles. The number of hydrogen-bond donors (Lipinski definition) is 2. The number of nitrogens with one attached hydrogen (secondary N) is 2. The zero-order chi connectivity index (χ0) is 20.3. The fraction of sp³-hybridized carbons (Fsp3) is 0.250. The van der Waals surface area contributed by atoms with E-state index in [1.165, 1.54) is 0 Å². The van der Waals surface area contributed by atoms with Crippen molar-refractivity contribution in [2.45, 2.75) is 25.8 Å². The Bertz CT molecular complexity index is 933. The van der Waals surface area contributed by atoms with Crippen molar-refractivity contribution in [3.05, 3.63) is 58.1 Å². The van der Waals surface area contributed by atoms with Gasteiger partial charge >= 0.3 is 0 Å². The number of rotatable bonds is 5. The Kier molecular flexibility index (Phi) is 6.21. The fourth-order valence-corrected chi connectivity index (χ4v) is 3.45. The van der Waals surface area contributed by atoms with Crippen LogP contribution >= 0.6 is 23.2 Å². The highest BCUT2D eigenvalue weighted by Gasteiger charge is 2.24. The summed E-state index contributed by atoms with van der Waals surface area (Å²) in [7, 11) is 0. The summed E-state index contributed by atoms with van der Waals surface area (Å²) in [4.78, 5) is 38.2. The number of nitrogens with zero attached hydrogens (tertiary/aromatic N) is 1. The monoisotopic (exact) mass is 419 g/mol. The zero-order valence-electron chi connectivity index (χ0n) is 15.2. The van der Waals surface area contributed by atoms with Crippen LogP contribution in [0.1, 0.15) is 30.1 Å². The first-order valence-corrected chi connectivity index (χ1v) is 9.58. The second-order valence-electron chi connectivity index (χ2n) is 6.48. The maximum atomic E-state index is 12.4. The molecule has 146 valence electrons. The molecular formula is C20H19Cl2N3O3. The molecule has 0 saturated carbocycles. The van der Waals surface area contributed by atoms with Gasteiger partial charge in [0.15, 0.2) is 0 Å². The largest absolute Gasteiger partial charge is 0.340 e. The van der Waals surface area contributed by atoms with Crippen LogP contribution in [-0.4, -0.2) is 30.3 Å². The minimum atomic E-state index is -0.789. The van der Waals surface area contributed by atoms with Crippen molar-refractivity contribution in [2.24, 2.45) is 0 Å². The summed E-state index contributed by atoms with van der Waals surface area (Å²) in [6.45, 7) is 2.21. The highest BCUT2D eigenvalue weighted by atomic mass is 35.5. The van der Waals surface area contributed by atoms with Gasteiger partial charge in [-0.05, 0) is 43.7 Å². The highest BCUT2D eigenvalue weighted by molar-refractivity contribution is 6.34. The van der Waals surface area contributed by atoms with Crippen LogP contribution in [0.4, 0.5) is 11.4 Å². The molecule has 1 fully saturated rings. The Hall–Kier alpha value is -2.57. The van der Waals surface area contributed by atoms with E-state index in [0.29, 0.717) is 39.9 Å². The first-order valence-electron chi connectivity index (χ1n) is 8.83. The van der Waals surface area contributed by atoms with E-state index < -0.39 is 17.9 Å². The van der Waals surface area contributed by atoms with E-state index in [2.05, 4.69) is 10.6 Å². The molecule has 0 aromatic heterocycles. The van der Waals surface area contributed by atoms with Gasteiger partial charge in [-0.25, -0.2) is 0 Å². The van der Waals surface area contributed by atoms with E-state index >= 15 is 0 Å². The molecule has 6 nitrogen and oxygen atoms in total. The Balaban J connectivity index is 1.64. The molecule has 1 aliphatic heterocycles. The third-order valence-electron chi connectivity index (χ3n) is 4.44. The van der Waals surface area contributed by atoms with Crippen LogP contribution in [0.15, 0.2) is 42.5 Å². The van der Waals surface area contributed by atoms with E-state index in [1.54, 1.807) is 54.3 Å². The summed E-state index contributed by atoms with van der Waals surface area (Å²) in [5, 5.41) is 6.01. The lowest BCUT2D eigenvalue weighted by atomic mass is 10.2. The van der Waals surface area contributed by atoms with E-state index in [-0.39, 0.29) is 5.91 Å². The predicted molar refractivity (Wildman–Crippen MR) is 110 cm³/mol. The van der Waals surface area contributed by atoms with Crippen molar-refractivity contribution in [1.29, 1.82) is 0 Å². The molecule has 1 atom stereocenters. The Morgan fingerprint density at radius 2 is 1.86 bits per heavy atom. The number of anilines is 2. The van der Waals surface area contributed by atoms with Gasteiger partial charge in [0, 0.05) is 18.7 Å². The van der Waals surface area contributed by atoms with Crippen molar-refractivity contribution in [3.63, 3.8) is 0 Å². The normalized spacial score (nSPS) is 14.7. The summed E-state index contributed by atoms with van der Waals surface area (Å²) in [6.07, 6.45) is 1.31. The van der Waals surface area contributed by atoms with Gasteiger partial charge in [0.25, 0.3) is 5.91 Å². The second-order valence-corrected chi connectivity index (χ2v) is 7.29. The van der Waals surface area contributed by atoms with Crippen LogP contribution in [-0.2, 0) is 9.59 Å². The van der Waals surface area contributed by atoms with Gasteiger partial charge in [-0.3, -0.25) is 14.4 Å². The van der Waals surface area contributed by atoms with Crippen LogP contribution in [0.3, 0.4) is 0 Å². The fourth-order valence-electron chi connectivity index (χ4n) is 2.94. The summed E-state index contributed by atoms with van der Waals surface area (Å²) < 4.78 is 0. The zero-order valence-corrected chi connectivity index (χ0v) is 16.7. The van der Waals surface area contributed by atoms with E-state index in [9.17, 15) is 14.4 Å². The van der Waals surface area contributed by atoms with Crippen molar-refractivity contribution < 1.29 is 14.4 Å². The number of carbonyl (C=O) groups excluding carboxylic acids is 3. The summed E-state index contributed by atoms with van der Waals surface area (Å²) in [5.74, 6) is -0.801. The quantitative estimate of drug-likeness (QED) is 0.771. The maximum Gasteiger partial charge on any atom is 0.253 e. The Morgan fingerprint density at radius 3 is 2.50 bits per heavy atom. The lowest BCUT2D eigenvalue weighted by Gasteiger charge is -2.19. The molecule has 0 radical (unpaired) electrons. The first-order chi connectivity index (χ1) is 13.4. The highest BCUT2D eigenvalue weighted by Crippen LogP contribution is 2.31. The molecule has 0 unspecified atom stereocenters. The van der Waals surface area contributed by atoms with Gasteiger partial charge in [-0.1, -0.05) is 35.3 Å². The topological polar surface area (TPSA) is 78.5 Å². The molecule has 3 amide bonds. The number of benzene rings is 2. The van der Waals surface area contributed by atoms with E-state index in [4.69, 9.17) is 23.2 Å². The summed E-state index contributed by atoms with van der Waals surface area (Å²) >= 11 is 12.3. The molecule has 2 N–H and O–H groups in total. The average Bonchev–Trinajstić information content (AvgIpc) is 3.07. The van der Waals surface area contributed by atoms with Gasteiger partial charge in [-0.15, -0.1) is 0 Å². The minimum absolute atomic E-state index is 0.0367. The molecule has 0 aliphatic carbocycles. The lowest BCUT2D eigenvalue weighted by molar-refractivity contribution is -0.118. The molecular weight excluding hydrogens is 401 g/mol. The predicted octanol–water partition coefficient (Wildman–Crippen LogP) is 3.88. The van der Waals surface area contributed by atoms with Crippen LogP contribution in [0.25, 0.3) is 0 Å². The SMILES string of the molecule is C[C@@H](NC(=O)c1ccccc1Cl)C(=O)Nc1ccc(N2CCCC2=O)c(Cl)c1. The molecule has 1 aliphatic rings. The minimum Gasteiger partial charge on any atom is -0.340 e. The number of amides is 3. The molecule has 2 aromatic carbocycles. The van der Waals surface area contributed by atoms with Crippen LogP contribution in [0.2, 0.25) is 10.0 Å². The van der Waals surface area contributed by atoms with Crippen molar-refractivity contribution in [1.82, 2.24) is 5.32 Å². The molecule has 28 heavy (non-hydrogen) atoms. The van der Waals surface area contributed by atoms with Crippen LogP contribution in [0.5, 0.6) is 0 Å². The van der Waals surface area contributed by atoms with Gasteiger partial charge in [0.2, 0.25) is 11.8 Å². The molecule has 3 rings (SSSR count). The molecule has 8 heteroatoms. The van der Waals surface area contributed by atoms with Gasteiger partial charge in [-0.2, -0.15) is 0 Å². The standard InChI is InChI=1S/C20H19Cl2N3O3/c1-12(23-20(28)14-5-2-3-6-15(14)21)19(27)24-13-8-9-17(16(22)11-13)25-10-4-7-18(25)26/h2-3,5-6,8-9,11-12H,4,7,10H2,1H3,(H,23,28)(H,24,27)/t12-/m1/s1. The summed E-state index contributed by atoms with van der Waals surface area (Å²) in [6, 6.07) is 10.8. The maximum absolute atomic E-state index is 12.4. The molecule has 0 spiro atoms. The van der Waals surface area contributed by atoms with Gasteiger partial charge < -0.3 is 15.5 Å². The first kappa shape index (κ1) is 20.2. The summed E-state index contributed by atoms with van der Waals surface area (Å²) in [5.41, 5.74) is 1.40. The molecule has 2 aromatic rings. The lowest BCUT2D eigenvalue weighted by Crippen LogP contribution is -2.41. The molecule has 1 saturated heterocycles.